The van der Waals surface area contributed by atoms with Gasteiger partial charge in [0.05, 0.1) is 5.92 Å². The standard InChI is InChI=1S/C20H18N4OS/c1-2-15(13-6-4-3-5-7-13)19(25)22-14-8-9-16-17(12-14)24-18(23-16)20-21-10-11-26-20/h3-12,15,24H,2H2,1H3,(H,22,25)/q+1. The Bertz CT molecular complexity index is 951. The molecule has 1 aliphatic rings. The lowest BCUT2D eigenvalue weighted by molar-refractivity contribution is -0.117. The summed E-state index contributed by atoms with van der Waals surface area (Å²) in [5.74, 6) is 0.575. The molecule has 1 radical (unpaired) electrons. The fraction of sp³-hybridized carbons (Fsp3) is 0.150. The number of fused-ring (bicyclic) bond motifs is 1. The Labute approximate surface area is 155 Å². The van der Waals surface area contributed by atoms with E-state index in [-0.39, 0.29) is 11.8 Å². The van der Waals surface area contributed by atoms with Crippen molar-refractivity contribution in [1.29, 1.82) is 0 Å². The largest absolute Gasteiger partial charge is 0.358 e. The zero-order valence-corrected chi connectivity index (χ0v) is 15.1. The summed E-state index contributed by atoms with van der Waals surface area (Å²) in [7, 11) is 0. The molecule has 129 valence electrons. The molecule has 0 aliphatic carbocycles. The quantitative estimate of drug-likeness (QED) is 0.717. The van der Waals surface area contributed by atoms with Gasteiger partial charge in [0.2, 0.25) is 16.6 Å². The molecule has 1 aliphatic heterocycles. The van der Waals surface area contributed by atoms with Gasteiger partial charge >= 0.3 is 5.84 Å². The van der Waals surface area contributed by atoms with Gasteiger partial charge in [0, 0.05) is 23.3 Å². The highest BCUT2D eigenvalue weighted by atomic mass is 32.1. The maximum atomic E-state index is 12.7. The van der Waals surface area contributed by atoms with Gasteiger partial charge in [-0.1, -0.05) is 37.3 Å². The van der Waals surface area contributed by atoms with Crippen LogP contribution < -0.4 is 15.6 Å². The second-order valence-electron chi connectivity index (χ2n) is 6.02. The maximum absolute atomic E-state index is 12.7. The van der Waals surface area contributed by atoms with E-state index in [1.165, 1.54) is 11.3 Å². The Morgan fingerprint density at radius 1 is 1.27 bits per heavy atom. The number of hydrogen-bond acceptors (Lipinski definition) is 5. The van der Waals surface area contributed by atoms with Gasteiger partial charge in [-0.05, 0) is 29.1 Å². The van der Waals surface area contributed by atoms with Crippen LogP contribution in [0.15, 0.2) is 60.1 Å². The summed E-state index contributed by atoms with van der Waals surface area (Å²) in [6, 6.07) is 15.6. The summed E-state index contributed by atoms with van der Waals surface area (Å²) < 4.78 is 0. The lowest BCUT2D eigenvalue weighted by Crippen LogP contribution is -2.20. The first kappa shape index (κ1) is 16.5. The van der Waals surface area contributed by atoms with Crippen LogP contribution in [0.5, 0.6) is 0 Å². The molecule has 2 heterocycles. The zero-order chi connectivity index (χ0) is 17.9. The highest BCUT2D eigenvalue weighted by Gasteiger charge is 2.28. The van der Waals surface area contributed by atoms with Crippen LogP contribution in [0, 0.1) is 0 Å². The number of hydrogen-bond donors (Lipinski definition) is 2. The van der Waals surface area contributed by atoms with Gasteiger partial charge in [-0.15, -0.1) is 11.3 Å². The van der Waals surface area contributed by atoms with Crippen molar-refractivity contribution in [3.05, 3.63) is 70.7 Å². The van der Waals surface area contributed by atoms with Crippen LogP contribution in [-0.4, -0.2) is 16.7 Å². The Morgan fingerprint density at radius 2 is 2.12 bits per heavy atom. The second kappa shape index (κ2) is 7.09. The van der Waals surface area contributed by atoms with Crippen molar-refractivity contribution in [2.45, 2.75) is 19.3 Å². The van der Waals surface area contributed by atoms with Gasteiger partial charge in [-0.25, -0.2) is 10.3 Å². The molecule has 2 N–H and O–H groups in total. The summed E-state index contributed by atoms with van der Waals surface area (Å²) in [6.07, 6.45) is 2.50. The fourth-order valence-corrected chi connectivity index (χ4v) is 3.60. The molecule has 6 heteroatoms. The minimum absolute atomic E-state index is 0.00212. The van der Waals surface area contributed by atoms with E-state index in [1.807, 2.05) is 60.8 Å². The van der Waals surface area contributed by atoms with Crippen molar-refractivity contribution in [2.75, 3.05) is 10.6 Å². The smallest absolute Gasteiger partial charge is 0.325 e. The Morgan fingerprint density at radius 3 is 2.85 bits per heavy atom. The van der Waals surface area contributed by atoms with Gasteiger partial charge in [0.25, 0.3) is 0 Å². The van der Waals surface area contributed by atoms with Crippen molar-refractivity contribution < 1.29 is 4.79 Å². The van der Waals surface area contributed by atoms with Crippen LogP contribution in [0.1, 0.15) is 29.8 Å². The predicted octanol–water partition coefficient (Wildman–Crippen LogP) is 4.12. The van der Waals surface area contributed by atoms with Gasteiger partial charge in [0.15, 0.2) is 5.69 Å². The molecular formula is C20H18N4OS+. The number of amides is 1. The maximum Gasteiger partial charge on any atom is 0.358 e. The molecule has 3 aromatic rings. The zero-order valence-electron chi connectivity index (χ0n) is 14.3. The lowest BCUT2D eigenvalue weighted by Gasteiger charge is -2.15. The van der Waals surface area contributed by atoms with Crippen LogP contribution in [0.3, 0.4) is 0 Å². The predicted molar refractivity (Wildman–Crippen MR) is 106 cm³/mol. The van der Waals surface area contributed by atoms with Crippen LogP contribution in [-0.2, 0) is 4.79 Å². The van der Waals surface area contributed by atoms with Gasteiger partial charge in [0.1, 0.15) is 0 Å². The number of nitrogens with one attached hydrogen (secondary N) is 2. The Hall–Kier alpha value is -2.99. The number of aromatic nitrogens is 1. The molecule has 1 amide bonds. The number of benzene rings is 2. The average molecular weight is 362 g/mol. The first-order chi connectivity index (χ1) is 12.7. The molecule has 26 heavy (non-hydrogen) atoms. The van der Waals surface area contributed by atoms with E-state index in [0.29, 0.717) is 0 Å². The normalized spacial score (nSPS) is 13.5. The molecular weight excluding hydrogens is 344 g/mol. The molecule has 0 bridgehead atoms. The Balaban J connectivity index is 1.50. The average Bonchev–Trinajstić information content (AvgIpc) is 3.32. The number of thiazole rings is 1. The van der Waals surface area contributed by atoms with Gasteiger partial charge in [-0.3, -0.25) is 4.79 Å². The second-order valence-corrected chi connectivity index (χ2v) is 6.91. The van der Waals surface area contributed by atoms with E-state index < -0.39 is 0 Å². The highest BCUT2D eigenvalue weighted by molar-refractivity contribution is 7.11. The van der Waals surface area contributed by atoms with Crippen LogP contribution in [0.2, 0.25) is 0 Å². The topological polar surface area (TPSA) is 68.1 Å². The molecule has 1 unspecified atom stereocenters. The molecule has 0 saturated carbocycles. The van der Waals surface area contributed by atoms with E-state index in [2.05, 4.69) is 20.6 Å². The minimum atomic E-state index is -0.167. The molecule has 0 saturated heterocycles. The van der Waals surface area contributed by atoms with E-state index in [0.717, 1.165) is 39.9 Å². The van der Waals surface area contributed by atoms with Crippen molar-refractivity contribution >= 4 is 40.1 Å². The molecule has 1 atom stereocenters. The third-order valence-corrected chi connectivity index (χ3v) is 5.09. The summed E-state index contributed by atoms with van der Waals surface area (Å²) in [4.78, 5) is 21.6. The van der Waals surface area contributed by atoms with E-state index >= 15 is 0 Å². The summed E-state index contributed by atoms with van der Waals surface area (Å²) in [5.41, 5.74) is 3.51. The number of rotatable bonds is 5. The summed E-state index contributed by atoms with van der Waals surface area (Å²) in [5, 5.41) is 9.07. The minimum Gasteiger partial charge on any atom is -0.325 e. The summed E-state index contributed by atoms with van der Waals surface area (Å²) >= 11 is 1.54. The monoisotopic (exact) mass is 362 g/mol. The van der Waals surface area contributed by atoms with E-state index in [9.17, 15) is 4.79 Å². The number of aliphatic imine (C=N–C) groups is 1. The van der Waals surface area contributed by atoms with Crippen molar-refractivity contribution in [2.24, 2.45) is 0 Å². The number of amidine groups is 1. The summed E-state index contributed by atoms with van der Waals surface area (Å²) in [6.45, 7) is 2.02. The SMILES string of the molecule is CCC(C(=O)Nc1ccc2c(c1)NC(c1nccs1)=[N+]2)c1ccccc1. The number of anilines is 2. The third-order valence-electron chi connectivity index (χ3n) is 4.31. The van der Waals surface area contributed by atoms with Crippen molar-refractivity contribution in [3.63, 3.8) is 0 Å². The van der Waals surface area contributed by atoms with Gasteiger partial charge in [-0.2, -0.15) is 0 Å². The lowest BCUT2D eigenvalue weighted by atomic mass is 9.95. The highest BCUT2D eigenvalue weighted by Crippen LogP contribution is 2.30. The molecule has 0 fully saturated rings. The molecule has 1 aromatic heterocycles. The van der Waals surface area contributed by atoms with Crippen LogP contribution in [0.25, 0.3) is 0 Å². The van der Waals surface area contributed by atoms with Crippen molar-refractivity contribution in [3.8, 4) is 0 Å². The molecule has 5 nitrogen and oxygen atoms in total. The first-order valence-corrected chi connectivity index (χ1v) is 9.38. The van der Waals surface area contributed by atoms with Gasteiger partial charge < -0.3 is 5.32 Å². The third kappa shape index (κ3) is 3.23. The number of nitrogens with zero attached hydrogens (tertiary/aromatic N) is 2. The fourth-order valence-electron chi connectivity index (χ4n) is 3.02. The van der Waals surface area contributed by atoms with E-state index in [4.69, 9.17) is 0 Å². The molecule has 0 spiro atoms. The van der Waals surface area contributed by atoms with Crippen LogP contribution >= 0.6 is 11.3 Å². The molecule has 4 rings (SSSR count). The molecule has 2 aromatic carbocycles. The number of carbonyl (C=O) groups excluding carboxylic acids is 1. The first-order valence-electron chi connectivity index (χ1n) is 8.50. The van der Waals surface area contributed by atoms with Crippen LogP contribution in [0.4, 0.5) is 17.1 Å². The number of carbonyl (C=O) groups is 1. The van der Waals surface area contributed by atoms with E-state index in [1.54, 1.807) is 6.20 Å². The van der Waals surface area contributed by atoms with Crippen molar-refractivity contribution in [1.82, 2.24) is 9.98 Å². The Kier molecular flexibility index (Phi) is 4.50.